The molecular weight excluding hydrogens is 222 g/mol. The van der Waals surface area contributed by atoms with Gasteiger partial charge in [-0.3, -0.25) is 10.8 Å². The van der Waals surface area contributed by atoms with E-state index in [0.717, 1.165) is 28.7 Å². The van der Waals surface area contributed by atoms with Crippen LogP contribution in [0.2, 0.25) is 0 Å². The van der Waals surface area contributed by atoms with Gasteiger partial charge in [0.1, 0.15) is 0 Å². The van der Waals surface area contributed by atoms with Crippen LogP contribution in [0.5, 0.6) is 0 Å². The molecule has 18 heavy (non-hydrogen) atoms. The second-order valence-electron chi connectivity index (χ2n) is 4.98. The van der Waals surface area contributed by atoms with E-state index in [1.54, 1.807) is 0 Å². The molecule has 0 fully saturated rings. The van der Waals surface area contributed by atoms with Gasteiger partial charge in [0, 0.05) is 11.1 Å². The van der Waals surface area contributed by atoms with Crippen LogP contribution < -0.4 is 11.3 Å². The molecule has 0 bridgehead atoms. The molecule has 3 nitrogen and oxygen atoms in total. The summed E-state index contributed by atoms with van der Waals surface area (Å²) in [7, 11) is 0. The number of nitrogens with two attached hydrogens (primary N) is 1. The standard InChI is InChI=1S/C15H21N3/c1-5-12-10(4)17-14-7-6-11(9(2)3)8-13(14)15(12)18-16/h6-9H,5,16H2,1-4H3,(H,17,18). The van der Waals surface area contributed by atoms with E-state index in [0.29, 0.717) is 5.92 Å². The Balaban J connectivity index is 2.78. The Morgan fingerprint density at radius 3 is 2.61 bits per heavy atom. The van der Waals surface area contributed by atoms with Crippen LogP contribution in [0.4, 0.5) is 5.69 Å². The quantitative estimate of drug-likeness (QED) is 0.640. The number of benzene rings is 1. The SMILES string of the molecule is CCc1c(C)nc2ccc(C(C)C)cc2c1NN. The van der Waals surface area contributed by atoms with Crippen LogP contribution >= 0.6 is 0 Å². The van der Waals surface area contributed by atoms with Crippen molar-refractivity contribution in [2.24, 2.45) is 5.84 Å². The van der Waals surface area contributed by atoms with Crippen LogP contribution in [-0.4, -0.2) is 4.98 Å². The fraction of sp³-hybridized carbons (Fsp3) is 0.400. The predicted molar refractivity (Wildman–Crippen MR) is 77.8 cm³/mol. The Bertz CT molecular complexity index is 573. The first kappa shape index (κ1) is 12.8. The summed E-state index contributed by atoms with van der Waals surface area (Å²) < 4.78 is 0. The van der Waals surface area contributed by atoms with Gasteiger partial charge in [-0.15, -0.1) is 0 Å². The number of anilines is 1. The van der Waals surface area contributed by atoms with Gasteiger partial charge < -0.3 is 5.43 Å². The van der Waals surface area contributed by atoms with Crippen molar-refractivity contribution in [1.82, 2.24) is 4.98 Å². The molecule has 0 unspecified atom stereocenters. The van der Waals surface area contributed by atoms with E-state index in [4.69, 9.17) is 5.84 Å². The maximum Gasteiger partial charge on any atom is 0.0726 e. The van der Waals surface area contributed by atoms with Crippen molar-refractivity contribution in [1.29, 1.82) is 0 Å². The average Bonchev–Trinajstić information content (AvgIpc) is 2.36. The van der Waals surface area contributed by atoms with Crippen molar-refractivity contribution >= 4 is 16.6 Å². The van der Waals surface area contributed by atoms with E-state index in [2.05, 4.69) is 49.4 Å². The molecule has 2 rings (SSSR count). The van der Waals surface area contributed by atoms with Crippen LogP contribution in [0.1, 0.15) is 43.5 Å². The first-order valence-electron chi connectivity index (χ1n) is 6.48. The maximum atomic E-state index is 5.71. The van der Waals surface area contributed by atoms with Gasteiger partial charge in [-0.2, -0.15) is 0 Å². The number of hydrazine groups is 1. The number of nitrogens with zero attached hydrogens (tertiary/aromatic N) is 1. The second-order valence-corrected chi connectivity index (χ2v) is 4.98. The van der Waals surface area contributed by atoms with Crippen molar-refractivity contribution in [3.05, 3.63) is 35.0 Å². The van der Waals surface area contributed by atoms with Crippen LogP contribution in [0.15, 0.2) is 18.2 Å². The van der Waals surface area contributed by atoms with E-state index < -0.39 is 0 Å². The fourth-order valence-corrected chi connectivity index (χ4v) is 2.40. The summed E-state index contributed by atoms with van der Waals surface area (Å²) in [6.45, 7) is 8.55. The number of aryl methyl sites for hydroxylation is 1. The second kappa shape index (κ2) is 4.94. The molecule has 1 aromatic heterocycles. The zero-order valence-corrected chi connectivity index (χ0v) is 11.5. The zero-order chi connectivity index (χ0) is 13.3. The lowest BCUT2D eigenvalue weighted by Crippen LogP contribution is -2.11. The number of pyridine rings is 1. The topological polar surface area (TPSA) is 50.9 Å². The van der Waals surface area contributed by atoms with E-state index in [9.17, 15) is 0 Å². The van der Waals surface area contributed by atoms with Crippen molar-refractivity contribution < 1.29 is 0 Å². The lowest BCUT2D eigenvalue weighted by atomic mass is 9.98. The van der Waals surface area contributed by atoms with Gasteiger partial charge in [0.15, 0.2) is 0 Å². The van der Waals surface area contributed by atoms with Crippen LogP contribution in [0.25, 0.3) is 10.9 Å². The summed E-state index contributed by atoms with van der Waals surface area (Å²) in [5.74, 6) is 6.22. The molecule has 0 amide bonds. The molecule has 0 atom stereocenters. The highest BCUT2D eigenvalue weighted by Crippen LogP contribution is 2.30. The summed E-state index contributed by atoms with van der Waals surface area (Å²) in [6.07, 6.45) is 0.931. The summed E-state index contributed by atoms with van der Waals surface area (Å²) in [4.78, 5) is 4.66. The van der Waals surface area contributed by atoms with Crippen LogP contribution in [0, 0.1) is 6.92 Å². The molecule has 3 N–H and O–H groups in total. The molecule has 1 aromatic carbocycles. The zero-order valence-electron chi connectivity index (χ0n) is 11.5. The van der Waals surface area contributed by atoms with Crippen LogP contribution in [-0.2, 0) is 6.42 Å². The molecule has 0 spiro atoms. The van der Waals surface area contributed by atoms with Gasteiger partial charge in [-0.05, 0) is 42.5 Å². The van der Waals surface area contributed by atoms with Gasteiger partial charge >= 0.3 is 0 Å². The van der Waals surface area contributed by atoms with Gasteiger partial charge in [-0.1, -0.05) is 26.8 Å². The van der Waals surface area contributed by atoms with E-state index in [-0.39, 0.29) is 0 Å². The normalized spacial score (nSPS) is 11.2. The first-order chi connectivity index (χ1) is 8.58. The molecule has 0 saturated carbocycles. The maximum absolute atomic E-state index is 5.71. The number of aromatic nitrogens is 1. The molecule has 3 heteroatoms. The monoisotopic (exact) mass is 243 g/mol. The molecule has 0 aliphatic heterocycles. The van der Waals surface area contributed by atoms with Crippen molar-refractivity contribution in [2.45, 2.75) is 40.0 Å². The molecule has 0 saturated heterocycles. The van der Waals surface area contributed by atoms with Crippen molar-refractivity contribution in [2.75, 3.05) is 5.43 Å². The van der Waals surface area contributed by atoms with E-state index >= 15 is 0 Å². The average molecular weight is 243 g/mol. The molecule has 0 aliphatic carbocycles. The number of rotatable bonds is 3. The summed E-state index contributed by atoms with van der Waals surface area (Å²) >= 11 is 0. The minimum atomic E-state index is 0.506. The van der Waals surface area contributed by atoms with Gasteiger partial charge in [0.2, 0.25) is 0 Å². The number of nitrogens with one attached hydrogen (secondary N) is 1. The third-order valence-corrected chi connectivity index (χ3v) is 3.48. The third-order valence-electron chi connectivity index (χ3n) is 3.48. The highest BCUT2D eigenvalue weighted by atomic mass is 15.2. The lowest BCUT2D eigenvalue weighted by molar-refractivity contribution is 0.868. The Morgan fingerprint density at radius 2 is 2.06 bits per heavy atom. The third kappa shape index (κ3) is 2.06. The first-order valence-corrected chi connectivity index (χ1v) is 6.48. The Morgan fingerprint density at radius 1 is 1.33 bits per heavy atom. The van der Waals surface area contributed by atoms with Gasteiger partial charge in [0.05, 0.1) is 11.2 Å². The Labute approximate surface area is 108 Å². The molecule has 2 aromatic rings. The lowest BCUT2D eigenvalue weighted by Gasteiger charge is -2.15. The summed E-state index contributed by atoms with van der Waals surface area (Å²) in [5.41, 5.74) is 8.44. The smallest absolute Gasteiger partial charge is 0.0726 e. The molecular formula is C15H21N3. The van der Waals surface area contributed by atoms with Crippen LogP contribution in [0.3, 0.4) is 0 Å². The molecule has 1 heterocycles. The molecule has 0 radical (unpaired) electrons. The number of hydrogen-bond acceptors (Lipinski definition) is 3. The molecule has 0 aliphatic rings. The van der Waals surface area contributed by atoms with E-state index in [1.807, 2.05) is 6.92 Å². The van der Waals surface area contributed by atoms with Crippen molar-refractivity contribution in [3.8, 4) is 0 Å². The number of fused-ring (bicyclic) bond motifs is 1. The highest BCUT2D eigenvalue weighted by molar-refractivity contribution is 5.93. The van der Waals surface area contributed by atoms with E-state index in [1.165, 1.54) is 11.1 Å². The van der Waals surface area contributed by atoms with Gasteiger partial charge in [0.25, 0.3) is 0 Å². The number of nitrogen functional groups attached to an aromatic ring is 1. The molecule has 96 valence electrons. The largest absolute Gasteiger partial charge is 0.323 e. The Hall–Kier alpha value is -1.61. The summed E-state index contributed by atoms with van der Waals surface area (Å²) in [5, 5.41) is 1.12. The highest BCUT2D eigenvalue weighted by Gasteiger charge is 2.11. The summed E-state index contributed by atoms with van der Waals surface area (Å²) in [6, 6.07) is 6.42. The van der Waals surface area contributed by atoms with Gasteiger partial charge in [-0.25, -0.2) is 0 Å². The fourth-order valence-electron chi connectivity index (χ4n) is 2.40. The predicted octanol–water partition coefficient (Wildman–Crippen LogP) is 3.51. The minimum Gasteiger partial charge on any atom is -0.323 e. The Kier molecular flexibility index (Phi) is 3.53. The van der Waals surface area contributed by atoms with Crippen molar-refractivity contribution in [3.63, 3.8) is 0 Å². The number of hydrogen-bond donors (Lipinski definition) is 2. The minimum absolute atomic E-state index is 0.506.